The first-order valence-corrected chi connectivity index (χ1v) is 15.8. The first kappa shape index (κ1) is 29.1. The molecule has 3 heterocycles. The lowest BCUT2D eigenvalue weighted by atomic mass is 10.0. The van der Waals surface area contributed by atoms with E-state index >= 15 is 0 Å². The number of nitrogens with one attached hydrogen (secondary N) is 2. The van der Waals surface area contributed by atoms with E-state index in [1.807, 2.05) is 6.07 Å². The molecule has 2 aliphatic rings. The van der Waals surface area contributed by atoms with E-state index in [0.29, 0.717) is 29.2 Å². The van der Waals surface area contributed by atoms with Crippen molar-refractivity contribution in [3.63, 3.8) is 0 Å². The van der Waals surface area contributed by atoms with E-state index in [9.17, 15) is 8.42 Å². The van der Waals surface area contributed by atoms with Crippen LogP contribution in [0, 0.1) is 0 Å². The third kappa shape index (κ3) is 6.74. The minimum Gasteiger partial charge on any atom is -0.494 e. The second-order valence-corrected chi connectivity index (χ2v) is 13.5. The van der Waals surface area contributed by atoms with Gasteiger partial charge in [-0.2, -0.15) is 4.98 Å². The van der Waals surface area contributed by atoms with Gasteiger partial charge in [0, 0.05) is 63.3 Å². The third-order valence-corrected chi connectivity index (χ3v) is 10.3. The number of nitrogens with zero attached hydrogens (tertiary/aromatic N) is 5. The number of ether oxygens (including phenoxy) is 1. The number of aromatic nitrogens is 2. The molecule has 0 amide bonds. The van der Waals surface area contributed by atoms with E-state index in [1.165, 1.54) is 12.8 Å². The summed E-state index contributed by atoms with van der Waals surface area (Å²) in [4.78, 5) is 16.7. The number of sulfone groups is 1. The van der Waals surface area contributed by atoms with Crippen LogP contribution in [0.1, 0.15) is 26.7 Å². The Balaban J connectivity index is 1.26. The molecule has 0 radical (unpaired) electrons. The molecule has 3 aromatic rings. The number of hydrogen-bond donors (Lipinski definition) is 2. The molecule has 2 saturated heterocycles. The molecule has 0 saturated carbocycles. The summed E-state index contributed by atoms with van der Waals surface area (Å²) >= 11 is 0. The number of methoxy groups -OCH3 is 1. The second kappa shape index (κ2) is 12.6. The number of hydrogen-bond acceptors (Lipinski definition) is 10. The Labute approximate surface area is 243 Å². The first-order chi connectivity index (χ1) is 19.7. The normalized spacial score (nSPS) is 17.5. The van der Waals surface area contributed by atoms with Crippen LogP contribution in [-0.2, 0) is 9.84 Å². The van der Waals surface area contributed by atoms with Crippen molar-refractivity contribution in [2.75, 3.05) is 69.0 Å². The zero-order chi connectivity index (χ0) is 29.0. The molecule has 1 aromatic heterocycles. The van der Waals surface area contributed by atoms with Crippen LogP contribution < -0.4 is 20.3 Å². The van der Waals surface area contributed by atoms with E-state index in [-0.39, 0.29) is 4.90 Å². The summed E-state index contributed by atoms with van der Waals surface area (Å²) < 4.78 is 31.5. The van der Waals surface area contributed by atoms with Crippen molar-refractivity contribution >= 4 is 38.7 Å². The fraction of sp³-hybridized carbons (Fsp3) is 0.467. The van der Waals surface area contributed by atoms with E-state index in [2.05, 4.69) is 54.5 Å². The van der Waals surface area contributed by atoms with Crippen LogP contribution in [0.4, 0.5) is 28.8 Å². The lowest BCUT2D eigenvalue weighted by Crippen LogP contribution is -2.52. The highest BCUT2D eigenvalue weighted by molar-refractivity contribution is 7.92. The lowest BCUT2D eigenvalue weighted by Gasteiger charge is -2.42. The van der Waals surface area contributed by atoms with Gasteiger partial charge in [-0.15, -0.1) is 0 Å². The Morgan fingerprint density at radius 1 is 0.927 bits per heavy atom. The van der Waals surface area contributed by atoms with Gasteiger partial charge in [-0.05, 0) is 64.1 Å². The van der Waals surface area contributed by atoms with E-state index < -0.39 is 15.1 Å². The molecule has 5 rings (SSSR count). The number of rotatable bonds is 9. The molecule has 10 nitrogen and oxygen atoms in total. The van der Waals surface area contributed by atoms with Gasteiger partial charge in [-0.25, -0.2) is 13.4 Å². The molecule has 2 aliphatic heterocycles. The van der Waals surface area contributed by atoms with Crippen molar-refractivity contribution in [1.82, 2.24) is 19.8 Å². The average molecular weight is 580 g/mol. The highest BCUT2D eigenvalue weighted by Crippen LogP contribution is 2.33. The predicted octanol–water partition coefficient (Wildman–Crippen LogP) is 4.37. The van der Waals surface area contributed by atoms with Gasteiger partial charge in [-0.3, -0.25) is 4.90 Å². The molecular weight excluding hydrogens is 538 g/mol. The topological polar surface area (TPSA) is 103 Å². The van der Waals surface area contributed by atoms with Crippen molar-refractivity contribution in [2.45, 2.75) is 42.9 Å². The van der Waals surface area contributed by atoms with Gasteiger partial charge >= 0.3 is 0 Å². The average Bonchev–Trinajstić information content (AvgIpc) is 2.98. The molecule has 0 atom stereocenters. The minimum atomic E-state index is -3.47. The maximum Gasteiger partial charge on any atom is 0.229 e. The quantitative estimate of drug-likeness (QED) is 0.380. The van der Waals surface area contributed by atoms with Gasteiger partial charge in [0.15, 0.2) is 9.84 Å². The smallest absolute Gasteiger partial charge is 0.229 e. The molecule has 0 spiro atoms. The van der Waals surface area contributed by atoms with Gasteiger partial charge in [0.05, 0.1) is 28.6 Å². The summed E-state index contributed by atoms with van der Waals surface area (Å²) in [6, 6.07) is 15.4. The van der Waals surface area contributed by atoms with Crippen LogP contribution in [0.15, 0.2) is 59.6 Å². The number of para-hydroxylation sites is 1. The third-order valence-electron chi connectivity index (χ3n) is 8.05. The van der Waals surface area contributed by atoms with Crippen LogP contribution >= 0.6 is 0 Å². The standard InChI is InChI=1S/C30H41N7O3S/c1-22(2)41(38,39)28-8-6-5-7-26(28)32-29-11-14-31-30(34-29)33-25-10-9-24(21-27(25)40-4)36-15-12-23(13-16-36)37-19-17-35(3)18-20-37/h5-11,14,21-23H,12-13,15-20H2,1-4H3,(H2,31,32,33,34). The van der Waals surface area contributed by atoms with Gasteiger partial charge in [-0.1, -0.05) is 12.1 Å². The summed E-state index contributed by atoms with van der Waals surface area (Å²) in [7, 11) is 0.398. The number of anilines is 5. The van der Waals surface area contributed by atoms with Crippen LogP contribution in [-0.4, -0.2) is 92.9 Å². The minimum absolute atomic E-state index is 0.243. The molecule has 0 bridgehead atoms. The lowest BCUT2D eigenvalue weighted by molar-refractivity contribution is 0.0982. The Bertz CT molecular complexity index is 1430. The zero-order valence-electron chi connectivity index (χ0n) is 24.4. The Morgan fingerprint density at radius 3 is 2.37 bits per heavy atom. The van der Waals surface area contributed by atoms with E-state index in [4.69, 9.17) is 4.74 Å². The van der Waals surface area contributed by atoms with Crippen molar-refractivity contribution < 1.29 is 13.2 Å². The van der Waals surface area contributed by atoms with Crippen molar-refractivity contribution in [2.24, 2.45) is 0 Å². The van der Waals surface area contributed by atoms with Crippen LogP contribution in [0.5, 0.6) is 5.75 Å². The molecule has 11 heteroatoms. The number of likely N-dealkylation sites (N-methyl/N-ethyl adjacent to an activating group) is 1. The molecule has 220 valence electrons. The maximum absolute atomic E-state index is 12.9. The summed E-state index contributed by atoms with van der Waals surface area (Å²) in [6.45, 7) is 10.0. The summed E-state index contributed by atoms with van der Waals surface area (Å²) in [6.07, 6.45) is 3.96. The zero-order valence-corrected chi connectivity index (χ0v) is 25.2. The Kier molecular flexibility index (Phi) is 8.96. The molecule has 0 aliphatic carbocycles. The fourth-order valence-corrected chi connectivity index (χ4v) is 6.68. The summed E-state index contributed by atoms with van der Waals surface area (Å²) in [5.41, 5.74) is 2.37. The van der Waals surface area contributed by atoms with Crippen LogP contribution in [0.2, 0.25) is 0 Å². The van der Waals surface area contributed by atoms with Gasteiger partial charge in [0.1, 0.15) is 11.6 Å². The molecule has 41 heavy (non-hydrogen) atoms. The van der Waals surface area contributed by atoms with Crippen molar-refractivity contribution in [3.05, 3.63) is 54.7 Å². The highest BCUT2D eigenvalue weighted by Gasteiger charge is 2.27. The van der Waals surface area contributed by atoms with E-state index in [0.717, 1.165) is 50.6 Å². The molecule has 2 N–H and O–H groups in total. The number of benzene rings is 2. The Hall–Kier alpha value is -3.41. The van der Waals surface area contributed by atoms with Crippen molar-refractivity contribution in [1.29, 1.82) is 0 Å². The second-order valence-electron chi connectivity index (χ2n) is 11.0. The van der Waals surface area contributed by atoms with Gasteiger partial charge in [0.2, 0.25) is 5.95 Å². The largest absolute Gasteiger partial charge is 0.494 e. The Morgan fingerprint density at radius 2 is 1.66 bits per heavy atom. The number of piperidine rings is 1. The SMILES string of the molecule is COc1cc(N2CCC(N3CCN(C)CC3)CC2)ccc1Nc1nccc(Nc2ccccc2S(=O)(=O)C(C)C)n1. The predicted molar refractivity (Wildman–Crippen MR) is 165 cm³/mol. The first-order valence-electron chi connectivity index (χ1n) is 14.3. The summed E-state index contributed by atoms with van der Waals surface area (Å²) in [5, 5.41) is 5.88. The molecular formula is C30H41N7O3S. The van der Waals surface area contributed by atoms with Crippen molar-refractivity contribution in [3.8, 4) is 5.75 Å². The van der Waals surface area contributed by atoms with Crippen LogP contribution in [0.25, 0.3) is 0 Å². The molecule has 2 aromatic carbocycles. The molecule has 2 fully saturated rings. The van der Waals surface area contributed by atoms with E-state index in [1.54, 1.807) is 57.5 Å². The maximum atomic E-state index is 12.9. The summed E-state index contributed by atoms with van der Waals surface area (Å²) in [5.74, 6) is 1.56. The highest BCUT2D eigenvalue weighted by atomic mass is 32.2. The van der Waals surface area contributed by atoms with Gasteiger partial charge < -0.3 is 25.2 Å². The number of piperazine rings is 1. The van der Waals surface area contributed by atoms with Gasteiger partial charge in [0.25, 0.3) is 0 Å². The monoisotopic (exact) mass is 579 g/mol. The fourth-order valence-electron chi connectivity index (χ4n) is 5.48. The molecule has 0 unspecified atom stereocenters. The van der Waals surface area contributed by atoms with Crippen LogP contribution in [0.3, 0.4) is 0 Å².